The van der Waals surface area contributed by atoms with E-state index in [0.29, 0.717) is 36.5 Å². The minimum Gasteiger partial charge on any atom is -0.381 e. The topological polar surface area (TPSA) is 84.5 Å². The second kappa shape index (κ2) is 8.87. The molecule has 2 aliphatic rings. The molecule has 2 aromatic heterocycles. The lowest BCUT2D eigenvalue weighted by Crippen LogP contribution is -2.63. The Morgan fingerprint density at radius 2 is 1.79 bits per heavy atom. The third kappa shape index (κ3) is 3.96. The summed E-state index contributed by atoms with van der Waals surface area (Å²) in [6.07, 6.45) is 3.49. The van der Waals surface area contributed by atoms with Gasteiger partial charge in [0, 0.05) is 43.8 Å². The van der Waals surface area contributed by atoms with Gasteiger partial charge in [0.15, 0.2) is 0 Å². The molecule has 1 aromatic carbocycles. The number of likely N-dealkylation sites (tertiary alicyclic amines) is 1. The van der Waals surface area contributed by atoms with Crippen LogP contribution in [0.1, 0.15) is 68.0 Å². The van der Waals surface area contributed by atoms with Crippen molar-refractivity contribution in [1.29, 1.82) is 0 Å². The van der Waals surface area contributed by atoms with Gasteiger partial charge in [-0.3, -0.25) is 4.98 Å². The highest BCUT2D eigenvalue weighted by Gasteiger charge is 2.55. The van der Waals surface area contributed by atoms with Gasteiger partial charge < -0.3 is 19.3 Å². The maximum Gasteiger partial charge on any atom is 0.230 e. The molecule has 180 valence electrons. The summed E-state index contributed by atoms with van der Waals surface area (Å²) in [5.41, 5.74) is 2.02. The normalized spacial score (nSPS) is 20.8. The molecule has 4 heterocycles. The van der Waals surface area contributed by atoms with Crippen LogP contribution in [0.4, 0.5) is 0 Å². The Hall–Kier alpha value is -2.61. The number of pyridine rings is 1. The summed E-state index contributed by atoms with van der Waals surface area (Å²) in [6, 6.07) is 12.2. The molecule has 0 saturated carbocycles. The van der Waals surface area contributed by atoms with E-state index in [4.69, 9.17) is 9.26 Å². The highest BCUT2D eigenvalue weighted by Crippen LogP contribution is 2.50. The highest BCUT2D eigenvalue weighted by atomic mass is 16.5. The van der Waals surface area contributed by atoms with Crippen LogP contribution in [0.2, 0.25) is 0 Å². The van der Waals surface area contributed by atoms with Gasteiger partial charge in [0.25, 0.3) is 0 Å². The molecule has 1 atom stereocenters. The van der Waals surface area contributed by atoms with Gasteiger partial charge in [-0.05, 0) is 54.6 Å². The van der Waals surface area contributed by atoms with Crippen molar-refractivity contribution in [2.24, 2.45) is 5.41 Å². The number of aromatic nitrogens is 3. The molecule has 3 aromatic rings. The summed E-state index contributed by atoms with van der Waals surface area (Å²) >= 11 is 0. The molecule has 0 radical (unpaired) electrons. The molecule has 5 rings (SSSR count). The Morgan fingerprint density at radius 1 is 1.09 bits per heavy atom. The number of rotatable bonds is 6. The fourth-order valence-electron chi connectivity index (χ4n) is 5.57. The molecule has 2 saturated heterocycles. The fourth-order valence-corrected chi connectivity index (χ4v) is 5.57. The number of ether oxygens (including phenoxy) is 1. The van der Waals surface area contributed by atoms with E-state index < -0.39 is 5.60 Å². The molecule has 0 spiro atoms. The van der Waals surface area contributed by atoms with E-state index in [1.165, 1.54) is 5.56 Å². The average molecular weight is 463 g/mol. The first-order valence-electron chi connectivity index (χ1n) is 12.2. The molecule has 7 heteroatoms. The van der Waals surface area contributed by atoms with E-state index in [-0.39, 0.29) is 11.3 Å². The molecule has 0 unspecified atom stereocenters. The van der Waals surface area contributed by atoms with Gasteiger partial charge in [0.2, 0.25) is 11.7 Å². The van der Waals surface area contributed by atoms with Gasteiger partial charge in [0.05, 0.1) is 0 Å². The Bertz CT molecular complexity index is 1130. The monoisotopic (exact) mass is 462 g/mol. The zero-order valence-corrected chi connectivity index (χ0v) is 20.5. The third-order valence-corrected chi connectivity index (χ3v) is 7.53. The Balaban J connectivity index is 1.53. The molecule has 2 fully saturated rings. The van der Waals surface area contributed by atoms with Crippen LogP contribution in [0.25, 0.3) is 11.5 Å². The Morgan fingerprint density at radius 3 is 2.44 bits per heavy atom. The van der Waals surface area contributed by atoms with Crippen molar-refractivity contribution >= 4 is 0 Å². The van der Waals surface area contributed by atoms with Crippen LogP contribution in [-0.2, 0) is 10.3 Å². The van der Waals surface area contributed by atoms with E-state index in [0.717, 1.165) is 37.1 Å². The van der Waals surface area contributed by atoms with Crippen molar-refractivity contribution in [3.8, 4) is 11.5 Å². The largest absolute Gasteiger partial charge is 0.381 e. The van der Waals surface area contributed by atoms with Crippen molar-refractivity contribution in [3.05, 3.63) is 65.2 Å². The van der Waals surface area contributed by atoms with E-state index >= 15 is 0 Å². The molecule has 2 aliphatic heterocycles. The van der Waals surface area contributed by atoms with Gasteiger partial charge in [-0.15, -0.1) is 0 Å². The maximum atomic E-state index is 12.4. The van der Waals surface area contributed by atoms with Gasteiger partial charge in [0.1, 0.15) is 11.3 Å². The smallest absolute Gasteiger partial charge is 0.230 e. The molecule has 1 N–H and O–H groups in total. The lowest BCUT2D eigenvalue weighted by Gasteiger charge is -2.56. The zero-order valence-electron chi connectivity index (χ0n) is 20.5. The van der Waals surface area contributed by atoms with Crippen LogP contribution in [0.5, 0.6) is 0 Å². The van der Waals surface area contributed by atoms with Crippen LogP contribution in [0.15, 0.2) is 47.1 Å². The number of hydrogen-bond donors (Lipinski definition) is 1. The first-order valence-corrected chi connectivity index (χ1v) is 12.2. The predicted molar refractivity (Wildman–Crippen MR) is 129 cm³/mol. The standard InChI is InChI=1S/C27H34N4O3/c1-18(2)19-5-7-21(8-6-19)27(32,26(3)16-31(4)17-26)22-9-12-28-23(15-22)24-29-25(34-30-24)20-10-13-33-14-11-20/h5-9,12,15,18,20,32H,10-11,13-14,16-17H2,1-4H3/t27-/m0/s1. The molecule has 34 heavy (non-hydrogen) atoms. The van der Waals surface area contributed by atoms with Gasteiger partial charge in [-0.1, -0.05) is 50.2 Å². The summed E-state index contributed by atoms with van der Waals surface area (Å²) < 4.78 is 11.0. The quantitative estimate of drug-likeness (QED) is 0.583. The third-order valence-electron chi connectivity index (χ3n) is 7.53. The Kier molecular flexibility index (Phi) is 6.04. The second-order valence-corrected chi connectivity index (χ2v) is 10.5. The van der Waals surface area contributed by atoms with E-state index in [2.05, 4.69) is 72.1 Å². The first kappa shape index (κ1) is 23.1. The van der Waals surface area contributed by atoms with Crippen LogP contribution >= 0.6 is 0 Å². The minimum absolute atomic E-state index is 0.221. The summed E-state index contributed by atoms with van der Waals surface area (Å²) in [6.45, 7) is 9.53. The van der Waals surface area contributed by atoms with Crippen molar-refractivity contribution in [2.75, 3.05) is 33.4 Å². The second-order valence-electron chi connectivity index (χ2n) is 10.5. The van der Waals surface area contributed by atoms with Crippen molar-refractivity contribution in [3.63, 3.8) is 0 Å². The molecule has 0 bridgehead atoms. The molecule has 0 aliphatic carbocycles. The van der Waals surface area contributed by atoms with Crippen LogP contribution in [0.3, 0.4) is 0 Å². The lowest BCUT2D eigenvalue weighted by molar-refractivity contribution is -0.127. The molecular formula is C27H34N4O3. The van der Waals surface area contributed by atoms with E-state index in [1.54, 1.807) is 6.20 Å². The number of aliphatic hydroxyl groups is 1. The highest BCUT2D eigenvalue weighted by molar-refractivity contribution is 5.53. The predicted octanol–water partition coefficient (Wildman–Crippen LogP) is 4.34. The van der Waals surface area contributed by atoms with Crippen molar-refractivity contribution in [1.82, 2.24) is 20.0 Å². The maximum absolute atomic E-state index is 12.4. The van der Waals surface area contributed by atoms with Crippen molar-refractivity contribution in [2.45, 2.75) is 51.0 Å². The lowest BCUT2D eigenvalue weighted by atomic mass is 9.62. The van der Waals surface area contributed by atoms with Gasteiger partial charge in [-0.25, -0.2) is 0 Å². The average Bonchev–Trinajstić information content (AvgIpc) is 3.34. The minimum atomic E-state index is -1.18. The van der Waals surface area contributed by atoms with E-state index in [9.17, 15) is 5.11 Å². The number of nitrogens with zero attached hydrogens (tertiary/aromatic N) is 4. The fraction of sp³-hybridized carbons (Fsp3) is 0.519. The molecule has 7 nitrogen and oxygen atoms in total. The number of hydrogen-bond acceptors (Lipinski definition) is 7. The van der Waals surface area contributed by atoms with Crippen LogP contribution < -0.4 is 0 Å². The molecule has 0 amide bonds. The van der Waals surface area contributed by atoms with Gasteiger partial charge >= 0.3 is 0 Å². The van der Waals surface area contributed by atoms with Crippen molar-refractivity contribution < 1.29 is 14.4 Å². The van der Waals surface area contributed by atoms with Crippen LogP contribution in [0, 0.1) is 5.41 Å². The number of benzene rings is 1. The summed E-state index contributed by atoms with van der Waals surface area (Å²) in [5.74, 6) is 1.75. The summed E-state index contributed by atoms with van der Waals surface area (Å²) in [7, 11) is 2.08. The van der Waals surface area contributed by atoms with Crippen LogP contribution in [-0.4, -0.2) is 58.5 Å². The summed E-state index contributed by atoms with van der Waals surface area (Å²) in [4.78, 5) is 11.4. The van der Waals surface area contributed by atoms with Gasteiger partial charge in [-0.2, -0.15) is 4.98 Å². The Labute approximate surface area is 201 Å². The SMILES string of the molecule is CC(C)c1ccc([C@](O)(c2ccnc(-c3noc(C4CCOCC4)n3)c2)C2(C)CN(C)C2)cc1. The molecular weight excluding hydrogens is 428 g/mol. The van der Waals surface area contributed by atoms with E-state index in [1.807, 2.05) is 12.1 Å². The first-order chi connectivity index (χ1) is 16.3. The summed E-state index contributed by atoms with van der Waals surface area (Å²) in [5, 5.41) is 16.6. The zero-order chi connectivity index (χ0) is 23.9.